The minimum Gasteiger partial charge on any atom is -0.337 e. The van der Waals surface area contributed by atoms with E-state index < -0.39 is 17.3 Å². The van der Waals surface area contributed by atoms with Crippen molar-refractivity contribution < 1.29 is 18.0 Å². The molecule has 1 amide bonds. The van der Waals surface area contributed by atoms with E-state index >= 15 is 0 Å². The Bertz CT molecular complexity index is 419. The Balaban J connectivity index is 2.03. The smallest absolute Gasteiger partial charge is 0.337 e. The highest BCUT2D eigenvalue weighted by Crippen LogP contribution is 2.34. The van der Waals surface area contributed by atoms with Crippen LogP contribution in [-0.4, -0.2) is 35.6 Å². The van der Waals surface area contributed by atoms with Gasteiger partial charge in [0.05, 0.1) is 5.54 Å². The van der Waals surface area contributed by atoms with Crippen LogP contribution in [0.25, 0.3) is 0 Å². The van der Waals surface area contributed by atoms with E-state index in [2.05, 4.69) is 6.92 Å². The summed E-state index contributed by atoms with van der Waals surface area (Å²) in [4.78, 5) is 13.9. The molecule has 0 radical (unpaired) electrons. The summed E-state index contributed by atoms with van der Waals surface area (Å²) < 4.78 is 37.7. The first-order chi connectivity index (χ1) is 9.22. The molecule has 114 valence electrons. The van der Waals surface area contributed by atoms with Crippen molar-refractivity contribution in [3.8, 4) is 0 Å². The van der Waals surface area contributed by atoms with E-state index in [1.165, 1.54) is 4.90 Å². The molecule has 1 fully saturated rings. The van der Waals surface area contributed by atoms with Crippen LogP contribution in [0.1, 0.15) is 39.0 Å². The summed E-state index contributed by atoms with van der Waals surface area (Å²) >= 11 is 0. The Morgan fingerprint density at radius 1 is 1.50 bits per heavy atom. The summed E-state index contributed by atoms with van der Waals surface area (Å²) in [6, 6.07) is 0. The van der Waals surface area contributed by atoms with Gasteiger partial charge < -0.3 is 10.6 Å². The van der Waals surface area contributed by atoms with E-state index in [-0.39, 0.29) is 25.4 Å². The highest BCUT2D eigenvalue weighted by Gasteiger charge is 2.42. The van der Waals surface area contributed by atoms with Crippen molar-refractivity contribution in [2.24, 2.45) is 11.7 Å². The Hall–Kier alpha value is -1.04. The molecular weight excluding hydrogens is 269 g/mol. The van der Waals surface area contributed by atoms with Gasteiger partial charge in [-0.15, -0.1) is 0 Å². The van der Waals surface area contributed by atoms with Crippen LogP contribution in [0.2, 0.25) is 0 Å². The van der Waals surface area contributed by atoms with E-state index in [4.69, 9.17) is 5.73 Å². The molecule has 2 atom stereocenters. The van der Waals surface area contributed by atoms with E-state index in [0.29, 0.717) is 18.8 Å². The van der Waals surface area contributed by atoms with Gasteiger partial charge in [-0.25, -0.2) is 0 Å². The second-order valence-electron chi connectivity index (χ2n) is 6.09. The molecule has 1 heterocycles. The maximum absolute atomic E-state index is 12.6. The van der Waals surface area contributed by atoms with Gasteiger partial charge in [-0.2, -0.15) is 13.2 Å². The first-order valence-corrected chi connectivity index (χ1v) is 7.07. The molecule has 2 aliphatic rings. The van der Waals surface area contributed by atoms with Crippen LogP contribution in [0.15, 0.2) is 11.6 Å². The van der Waals surface area contributed by atoms with Crippen molar-refractivity contribution in [2.75, 3.05) is 13.1 Å². The quantitative estimate of drug-likeness (QED) is 0.755. The second kappa shape index (κ2) is 5.39. The second-order valence-corrected chi connectivity index (χ2v) is 6.09. The number of carbonyl (C=O) groups excluding carboxylic acids is 1. The van der Waals surface area contributed by atoms with Crippen molar-refractivity contribution in [1.82, 2.24) is 4.90 Å². The molecule has 0 aromatic carbocycles. The molecule has 1 aliphatic heterocycles. The van der Waals surface area contributed by atoms with Gasteiger partial charge in [-0.05, 0) is 25.2 Å². The lowest BCUT2D eigenvalue weighted by Gasteiger charge is -2.40. The lowest BCUT2D eigenvalue weighted by atomic mass is 9.76. The Kier molecular flexibility index (Phi) is 4.14. The van der Waals surface area contributed by atoms with Crippen molar-refractivity contribution in [3.63, 3.8) is 0 Å². The van der Waals surface area contributed by atoms with Crippen LogP contribution in [0, 0.1) is 5.92 Å². The molecule has 0 saturated heterocycles. The molecule has 6 heteroatoms. The van der Waals surface area contributed by atoms with Gasteiger partial charge in [0.1, 0.15) is 0 Å². The molecule has 0 bridgehead atoms. The molecule has 1 saturated carbocycles. The molecule has 0 spiro atoms. The standard InChI is InChI=1S/C14H21F3N2O/c1-10-3-2-6-13(18,9-10)12(20)19-7-4-11(5-8-19)14(15,16)17/h4,10H,2-3,5-9,18H2,1H3. The number of carbonyl (C=O) groups is 1. The first kappa shape index (κ1) is 15.4. The average molecular weight is 290 g/mol. The minimum atomic E-state index is -4.28. The predicted molar refractivity (Wildman–Crippen MR) is 69.9 cm³/mol. The number of alkyl halides is 3. The van der Waals surface area contributed by atoms with Gasteiger partial charge >= 0.3 is 6.18 Å². The molecule has 0 aromatic heterocycles. The maximum atomic E-state index is 12.6. The van der Waals surface area contributed by atoms with Crippen molar-refractivity contribution in [1.29, 1.82) is 0 Å². The van der Waals surface area contributed by atoms with Crippen LogP contribution in [0.4, 0.5) is 13.2 Å². The van der Waals surface area contributed by atoms with E-state index in [1.807, 2.05) is 0 Å². The summed E-state index contributed by atoms with van der Waals surface area (Å²) in [5, 5.41) is 0. The Morgan fingerprint density at radius 2 is 2.20 bits per heavy atom. The number of nitrogens with two attached hydrogens (primary N) is 1. The van der Waals surface area contributed by atoms with Gasteiger partial charge in [0.15, 0.2) is 0 Å². The maximum Gasteiger partial charge on any atom is 0.412 e. The van der Waals surface area contributed by atoms with Crippen LogP contribution in [-0.2, 0) is 4.79 Å². The van der Waals surface area contributed by atoms with Crippen LogP contribution < -0.4 is 5.73 Å². The van der Waals surface area contributed by atoms with Crippen molar-refractivity contribution in [3.05, 3.63) is 11.6 Å². The lowest BCUT2D eigenvalue weighted by molar-refractivity contribution is -0.139. The number of halogens is 3. The third kappa shape index (κ3) is 3.16. The fourth-order valence-electron chi connectivity index (χ4n) is 3.21. The topological polar surface area (TPSA) is 46.3 Å². The van der Waals surface area contributed by atoms with Gasteiger partial charge in [0.2, 0.25) is 5.91 Å². The lowest BCUT2D eigenvalue weighted by Crippen LogP contribution is -2.58. The average Bonchev–Trinajstić information content (AvgIpc) is 2.37. The Morgan fingerprint density at radius 3 is 2.70 bits per heavy atom. The van der Waals surface area contributed by atoms with Crippen LogP contribution >= 0.6 is 0 Å². The zero-order valence-corrected chi connectivity index (χ0v) is 11.7. The summed E-state index contributed by atoms with van der Waals surface area (Å²) in [5.41, 5.74) is 4.79. The number of rotatable bonds is 1. The zero-order chi connectivity index (χ0) is 15.0. The molecule has 2 unspecified atom stereocenters. The minimum absolute atomic E-state index is 0.0149. The van der Waals surface area contributed by atoms with Gasteiger partial charge in [0.25, 0.3) is 0 Å². The zero-order valence-electron chi connectivity index (χ0n) is 11.7. The Labute approximate surface area is 117 Å². The van der Waals surface area contributed by atoms with Gasteiger partial charge in [-0.3, -0.25) is 4.79 Å². The third-order valence-electron chi connectivity index (χ3n) is 4.32. The van der Waals surface area contributed by atoms with E-state index in [9.17, 15) is 18.0 Å². The van der Waals surface area contributed by atoms with Crippen molar-refractivity contribution in [2.45, 2.75) is 50.7 Å². The predicted octanol–water partition coefficient (Wildman–Crippen LogP) is 2.62. The van der Waals surface area contributed by atoms with Crippen molar-refractivity contribution >= 4 is 5.91 Å². The first-order valence-electron chi connectivity index (χ1n) is 7.07. The third-order valence-corrected chi connectivity index (χ3v) is 4.32. The fraction of sp³-hybridized carbons (Fsp3) is 0.786. The highest BCUT2D eigenvalue weighted by molar-refractivity contribution is 5.86. The molecular formula is C14H21F3N2O. The summed E-state index contributed by atoms with van der Waals surface area (Å²) in [7, 11) is 0. The molecule has 2 N–H and O–H groups in total. The molecule has 20 heavy (non-hydrogen) atoms. The summed E-state index contributed by atoms with van der Waals surface area (Å²) in [5.74, 6) is 0.199. The van der Waals surface area contributed by atoms with Crippen LogP contribution in [0.3, 0.4) is 0 Å². The number of nitrogens with zero attached hydrogens (tertiary/aromatic N) is 1. The van der Waals surface area contributed by atoms with Crippen LogP contribution in [0.5, 0.6) is 0 Å². The molecule has 3 nitrogen and oxygen atoms in total. The summed E-state index contributed by atoms with van der Waals surface area (Å²) in [6.07, 6.45) is -0.0985. The van der Waals surface area contributed by atoms with Gasteiger partial charge in [-0.1, -0.05) is 25.8 Å². The highest BCUT2D eigenvalue weighted by atomic mass is 19.4. The molecule has 1 aliphatic carbocycles. The number of hydrogen-bond donors (Lipinski definition) is 1. The monoisotopic (exact) mass is 290 g/mol. The van der Waals surface area contributed by atoms with E-state index in [0.717, 1.165) is 18.9 Å². The molecule has 0 aromatic rings. The van der Waals surface area contributed by atoms with E-state index in [1.54, 1.807) is 0 Å². The largest absolute Gasteiger partial charge is 0.412 e. The number of hydrogen-bond acceptors (Lipinski definition) is 2. The SMILES string of the molecule is CC1CCCC(N)(C(=O)N2CC=C(C(F)(F)F)CC2)C1. The number of amides is 1. The normalized spacial score (nSPS) is 31.9. The summed E-state index contributed by atoms with van der Waals surface area (Å²) in [6.45, 7) is 2.18. The fourth-order valence-corrected chi connectivity index (χ4v) is 3.21. The molecule has 2 rings (SSSR count). The van der Waals surface area contributed by atoms with Gasteiger partial charge in [0, 0.05) is 18.7 Å².